The number of aromatic amines is 1. The third-order valence-corrected chi connectivity index (χ3v) is 4.30. The van der Waals surface area contributed by atoms with Gasteiger partial charge in [-0.05, 0) is 50.3 Å². The molecule has 4 nitrogen and oxygen atoms in total. The predicted octanol–water partition coefficient (Wildman–Crippen LogP) is 3.47. The molecule has 0 saturated heterocycles. The molecule has 112 valence electrons. The summed E-state index contributed by atoms with van der Waals surface area (Å²) in [6.45, 7) is 4.34. The third kappa shape index (κ3) is 2.19. The van der Waals surface area contributed by atoms with Crippen LogP contribution in [0.3, 0.4) is 0 Å². The van der Waals surface area contributed by atoms with Gasteiger partial charge in [-0.2, -0.15) is 0 Å². The van der Waals surface area contributed by atoms with Crippen molar-refractivity contribution in [1.82, 2.24) is 4.98 Å². The zero-order chi connectivity index (χ0) is 15.0. The lowest BCUT2D eigenvalue weighted by Crippen LogP contribution is -2.20. The number of aryl methyl sites for hydroxylation is 2. The maximum absolute atomic E-state index is 12.3. The Bertz CT molecular complexity index is 687. The Morgan fingerprint density at radius 3 is 2.95 bits per heavy atom. The molecule has 0 fully saturated rings. The van der Waals surface area contributed by atoms with E-state index >= 15 is 0 Å². The van der Waals surface area contributed by atoms with E-state index < -0.39 is 0 Å². The molecule has 0 bridgehead atoms. The number of rotatable bonds is 3. The smallest absolute Gasteiger partial charge is 0.313 e. The molecule has 2 aromatic rings. The van der Waals surface area contributed by atoms with E-state index in [9.17, 15) is 4.79 Å². The minimum Gasteiger partial charge on any atom is -0.496 e. The molecule has 21 heavy (non-hydrogen) atoms. The molecule has 1 atom stereocenters. The van der Waals surface area contributed by atoms with Crippen molar-refractivity contribution in [3.8, 4) is 5.75 Å². The van der Waals surface area contributed by atoms with Crippen LogP contribution in [-0.2, 0) is 16.0 Å². The van der Waals surface area contributed by atoms with Gasteiger partial charge in [0.05, 0.1) is 25.2 Å². The molecule has 0 saturated carbocycles. The van der Waals surface area contributed by atoms with Gasteiger partial charge in [0.15, 0.2) is 0 Å². The summed E-state index contributed by atoms with van der Waals surface area (Å²) in [5, 5.41) is 1.05. The first-order chi connectivity index (χ1) is 10.2. The Hall–Kier alpha value is -1.97. The predicted molar refractivity (Wildman–Crippen MR) is 81.9 cm³/mol. The molecule has 1 aliphatic rings. The van der Waals surface area contributed by atoms with Gasteiger partial charge in [0.1, 0.15) is 5.75 Å². The largest absolute Gasteiger partial charge is 0.496 e. The van der Waals surface area contributed by atoms with Crippen LogP contribution in [0.5, 0.6) is 5.75 Å². The summed E-state index contributed by atoms with van der Waals surface area (Å²) < 4.78 is 10.8. The molecule has 0 amide bonds. The van der Waals surface area contributed by atoms with Gasteiger partial charge in [0.25, 0.3) is 0 Å². The summed E-state index contributed by atoms with van der Waals surface area (Å²) in [7, 11) is 1.67. The monoisotopic (exact) mass is 287 g/mol. The Kier molecular flexibility index (Phi) is 3.62. The number of benzene rings is 1. The van der Waals surface area contributed by atoms with Crippen molar-refractivity contribution in [3.05, 3.63) is 29.0 Å². The number of fused-ring (bicyclic) bond motifs is 3. The fourth-order valence-electron chi connectivity index (χ4n) is 3.34. The Morgan fingerprint density at radius 1 is 1.43 bits per heavy atom. The molecule has 1 unspecified atom stereocenters. The summed E-state index contributed by atoms with van der Waals surface area (Å²) in [6.07, 6.45) is 2.82. The van der Waals surface area contributed by atoms with E-state index in [0.717, 1.165) is 47.2 Å². The number of nitrogens with one attached hydrogen (secondary N) is 1. The highest BCUT2D eigenvalue weighted by Gasteiger charge is 2.32. The highest BCUT2D eigenvalue weighted by atomic mass is 16.5. The average Bonchev–Trinajstić information content (AvgIpc) is 2.88. The molecular formula is C17H21NO3. The average molecular weight is 287 g/mol. The van der Waals surface area contributed by atoms with Crippen molar-refractivity contribution in [3.63, 3.8) is 0 Å². The van der Waals surface area contributed by atoms with Gasteiger partial charge >= 0.3 is 5.97 Å². The summed E-state index contributed by atoms with van der Waals surface area (Å²) >= 11 is 0. The maximum atomic E-state index is 12.3. The molecule has 0 spiro atoms. The number of H-pyrrole nitrogens is 1. The van der Waals surface area contributed by atoms with Gasteiger partial charge in [0.2, 0.25) is 0 Å². The molecule has 1 aliphatic carbocycles. The molecular weight excluding hydrogens is 266 g/mol. The van der Waals surface area contributed by atoms with Crippen molar-refractivity contribution in [2.45, 2.75) is 39.0 Å². The van der Waals surface area contributed by atoms with Gasteiger partial charge in [-0.1, -0.05) is 6.07 Å². The fourth-order valence-corrected chi connectivity index (χ4v) is 3.34. The van der Waals surface area contributed by atoms with Crippen molar-refractivity contribution >= 4 is 16.9 Å². The number of ether oxygens (including phenoxy) is 2. The summed E-state index contributed by atoms with van der Waals surface area (Å²) in [5.41, 5.74) is 4.48. The van der Waals surface area contributed by atoms with Crippen molar-refractivity contribution in [1.29, 1.82) is 0 Å². The van der Waals surface area contributed by atoms with Crippen LogP contribution in [0.1, 0.15) is 42.5 Å². The normalized spacial score (nSPS) is 17.6. The molecule has 3 rings (SSSR count). The first-order valence-corrected chi connectivity index (χ1v) is 7.52. The van der Waals surface area contributed by atoms with Crippen molar-refractivity contribution in [2.75, 3.05) is 13.7 Å². The molecule has 1 aromatic carbocycles. The maximum Gasteiger partial charge on any atom is 0.313 e. The molecule has 4 heteroatoms. The SMILES string of the molecule is CCOC(=O)C1CCCc2[nH]c3c(C)ccc(OC)c3c21. The van der Waals surface area contributed by atoms with Gasteiger partial charge in [-0.15, -0.1) is 0 Å². The second-order valence-electron chi connectivity index (χ2n) is 5.55. The molecule has 1 aromatic heterocycles. The van der Waals surface area contributed by atoms with E-state index in [-0.39, 0.29) is 11.9 Å². The lowest BCUT2D eigenvalue weighted by Gasteiger charge is -2.21. The molecule has 1 N–H and O–H groups in total. The number of hydrogen-bond acceptors (Lipinski definition) is 3. The number of methoxy groups -OCH3 is 1. The van der Waals surface area contributed by atoms with Crippen LogP contribution in [0.25, 0.3) is 10.9 Å². The van der Waals surface area contributed by atoms with Crippen LogP contribution in [0.4, 0.5) is 0 Å². The second-order valence-corrected chi connectivity index (χ2v) is 5.55. The standard InChI is InChI=1S/C17H21NO3/c1-4-21-17(19)11-6-5-7-12-14(11)15-13(20-3)9-8-10(2)16(15)18-12/h8-9,11,18H,4-7H2,1-3H3. The number of carbonyl (C=O) groups excluding carboxylic acids is 1. The molecule has 1 heterocycles. The van der Waals surface area contributed by atoms with E-state index in [0.29, 0.717) is 6.61 Å². The fraction of sp³-hybridized carbons (Fsp3) is 0.471. The third-order valence-electron chi connectivity index (χ3n) is 4.30. The highest BCUT2D eigenvalue weighted by molar-refractivity contribution is 5.97. The quantitative estimate of drug-likeness (QED) is 0.879. The lowest BCUT2D eigenvalue weighted by atomic mass is 9.85. The molecule has 0 radical (unpaired) electrons. The van der Waals surface area contributed by atoms with Gasteiger partial charge < -0.3 is 14.5 Å². The highest BCUT2D eigenvalue weighted by Crippen LogP contribution is 2.42. The Labute approximate surface area is 124 Å². The van der Waals surface area contributed by atoms with Crippen LogP contribution in [0, 0.1) is 6.92 Å². The van der Waals surface area contributed by atoms with Crippen LogP contribution >= 0.6 is 0 Å². The van der Waals surface area contributed by atoms with Gasteiger partial charge in [-0.3, -0.25) is 4.79 Å². The number of esters is 1. The first-order valence-electron chi connectivity index (χ1n) is 7.52. The van der Waals surface area contributed by atoms with E-state index in [1.165, 1.54) is 5.56 Å². The zero-order valence-corrected chi connectivity index (χ0v) is 12.8. The number of aromatic nitrogens is 1. The first kappa shape index (κ1) is 14.0. The zero-order valence-electron chi connectivity index (χ0n) is 12.8. The summed E-state index contributed by atoms with van der Waals surface area (Å²) in [5.74, 6) is 0.519. The number of carbonyl (C=O) groups is 1. The summed E-state index contributed by atoms with van der Waals surface area (Å²) in [4.78, 5) is 15.8. The minimum atomic E-state index is -0.182. The lowest BCUT2D eigenvalue weighted by molar-refractivity contribution is -0.145. The van der Waals surface area contributed by atoms with Crippen LogP contribution in [0.15, 0.2) is 12.1 Å². The second kappa shape index (κ2) is 5.43. The number of hydrogen-bond donors (Lipinski definition) is 1. The Morgan fingerprint density at radius 2 is 2.24 bits per heavy atom. The van der Waals surface area contributed by atoms with E-state index in [1.807, 2.05) is 19.1 Å². The van der Waals surface area contributed by atoms with Gasteiger partial charge in [0, 0.05) is 11.1 Å². The van der Waals surface area contributed by atoms with Crippen LogP contribution < -0.4 is 4.74 Å². The van der Waals surface area contributed by atoms with Crippen molar-refractivity contribution in [2.24, 2.45) is 0 Å². The minimum absolute atomic E-state index is 0.122. The Balaban J connectivity index is 2.23. The van der Waals surface area contributed by atoms with E-state index in [2.05, 4.69) is 11.9 Å². The molecule has 0 aliphatic heterocycles. The van der Waals surface area contributed by atoms with Gasteiger partial charge in [-0.25, -0.2) is 0 Å². The van der Waals surface area contributed by atoms with Crippen LogP contribution in [-0.4, -0.2) is 24.7 Å². The van der Waals surface area contributed by atoms with Crippen molar-refractivity contribution < 1.29 is 14.3 Å². The summed E-state index contributed by atoms with van der Waals surface area (Å²) in [6, 6.07) is 4.02. The van der Waals surface area contributed by atoms with E-state index in [1.54, 1.807) is 7.11 Å². The van der Waals surface area contributed by atoms with E-state index in [4.69, 9.17) is 9.47 Å². The van der Waals surface area contributed by atoms with Crippen LogP contribution in [0.2, 0.25) is 0 Å². The topological polar surface area (TPSA) is 51.3 Å².